The molecule has 37 heavy (non-hydrogen) atoms. The molecule has 1 fully saturated rings. The molecule has 15 heteroatoms. The van der Waals surface area contributed by atoms with Gasteiger partial charge in [0.15, 0.2) is 6.23 Å². The van der Waals surface area contributed by atoms with Crippen molar-refractivity contribution in [3.05, 3.63) is 61.8 Å². The number of aromatic amines is 1. The highest BCUT2D eigenvalue weighted by atomic mass is 79.9. The molecule has 1 aromatic carbocycles. The topological polar surface area (TPSA) is 158 Å². The van der Waals surface area contributed by atoms with Crippen molar-refractivity contribution in [1.29, 1.82) is 0 Å². The molecule has 0 radical (unpaired) electrons. The van der Waals surface area contributed by atoms with Crippen molar-refractivity contribution >= 4 is 41.2 Å². The Morgan fingerprint density at radius 2 is 1.97 bits per heavy atom. The molecule has 0 spiro atoms. The van der Waals surface area contributed by atoms with Crippen LogP contribution in [0, 0.1) is 0 Å². The molecule has 0 saturated carbocycles. The molecule has 0 bridgehead atoms. The van der Waals surface area contributed by atoms with E-state index in [4.69, 9.17) is 30.1 Å². The fourth-order valence-electron chi connectivity index (χ4n) is 3.49. The summed E-state index contributed by atoms with van der Waals surface area (Å²) in [5.74, 6) is -0.482. The van der Waals surface area contributed by atoms with Gasteiger partial charge in [0.05, 0.1) is 17.2 Å². The van der Waals surface area contributed by atoms with Crippen molar-refractivity contribution in [3.63, 3.8) is 0 Å². The number of rotatable bonds is 10. The molecule has 1 saturated heterocycles. The fraction of sp³-hybridized carbons (Fsp3) is 0.500. The minimum atomic E-state index is -4.24. The van der Waals surface area contributed by atoms with Crippen LogP contribution in [0.15, 0.2) is 50.6 Å². The Hall–Kier alpha value is -1.99. The number of nitrogens with zero attached hydrogens (tertiary/aromatic N) is 1. The van der Waals surface area contributed by atoms with Crippen molar-refractivity contribution in [2.45, 2.75) is 63.2 Å². The molecule has 1 aliphatic heterocycles. The van der Waals surface area contributed by atoms with E-state index in [0.717, 1.165) is 4.57 Å². The Balaban J connectivity index is 1.82. The molecule has 204 valence electrons. The molecule has 1 aromatic heterocycles. The first-order chi connectivity index (χ1) is 17.2. The third kappa shape index (κ3) is 7.11. The van der Waals surface area contributed by atoms with Gasteiger partial charge in [-0.1, -0.05) is 18.2 Å². The molecular formula is C22H28BrClN3O9P. The molecule has 0 amide bonds. The van der Waals surface area contributed by atoms with Gasteiger partial charge in [0.1, 0.15) is 28.9 Å². The number of esters is 1. The zero-order valence-electron chi connectivity index (χ0n) is 20.4. The van der Waals surface area contributed by atoms with Crippen LogP contribution in [0.25, 0.3) is 0 Å². The molecule has 0 aliphatic carbocycles. The minimum absolute atomic E-state index is 0.0459. The second-order valence-corrected chi connectivity index (χ2v) is 12.2. The van der Waals surface area contributed by atoms with Crippen LogP contribution in [0.4, 0.5) is 0 Å². The minimum Gasteiger partial charge on any atom is -0.462 e. The van der Waals surface area contributed by atoms with Crippen molar-refractivity contribution in [2.24, 2.45) is 0 Å². The van der Waals surface area contributed by atoms with E-state index < -0.39 is 67.0 Å². The highest BCUT2D eigenvalue weighted by Gasteiger charge is 2.54. The number of nitrogens with one attached hydrogen (secondary N) is 2. The molecule has 3 rings (SSSR count). The molecule has 2 heterocycles. The molecule has 6 atom stereocenters. The summed E-state index contributed by atoms with van der Waals surface area (Å²) in [6, 6.07) is 7.06. The summed E-state index contributed by atoms with van der Waals surface area (Å²) in [4.78, 5) is 37.0. The lowest BCUT2D eigenvalue weighted by Gasteiger charge is -2.26. The summed E-state index contributed by atoms with van der Waals surface area (Å²) >= 11 is 9.60. The van der Waals surface area contributed by atoms with Crippen LogP contribution < -0.4 is 20.9 Å². The highest BCUT2D eigenvalue weighted by molar-refractivity contribution is 9.10. The van der Waals surface area contributed by atoms with Gasteiger partial charge in [0.25, 0.3) is 5.56 Å². The molecular weight excluding hydrogens is 597 g/mol. The lowest BCUT2D eigenvalue weighted by molar-refractivity contribution is -0.149. The Morgan fingerprint density at radius 1 is 1.32 bits per heavy atom. The van der Waals surface area contributed by atoms with Crippen molar-refractivity contribution in [3.8, 4) is 5.75 Å². The number of para-hydroxylation sites is 1. The zero-order valence-corrected chi connectivity index (χ0v) is 23.7. The maximum atomic E-state index is 13.7. The predicted molar refractivity (Wildman–Crippen MR) is 138 cm³/mol. The molecule has 12 nitrogen and oxygen atoms in total. The number of aliphatic hydroxyl groups excluding tert-OH is 1. The smallest absolute Gasteiger partial charge is 0.459 e. The Kier molecular flexibility index (Phi) is 9.44. The normalized spacial score (nSPS) is 26.0. The van der Waals surface area contributed by atoms with Crippen LogP contribution in [0.5, 0.6) is 5.75 Å². The number of hydrogen-bond donors (Lipinski definition) is 3. The van der Waals surface area contributed by atoms with E-state index >= 15 is 0 Å². The van der Waals surface area contributed by atoms with Gasteiger partial charge in [-0.05, 0) is 55.8 Å². The third-order valence-electron chi connectivity index (χ3n) is 5.33. The number of aromatic nitrogens is 2. The summed E-state index contributed by atoms with van der Waals surface area (Å²) in [6.07, 6.45) is -3.00. The number of halogens is 2. The summed E-state index contributed by atoms with van der Waals surface area (Å²) in [6.45, 7) is 5.72. The zero-order chi connectivity index (χ0) is 27.5. The van der Waals surface area contributed by atoms with Gasteiger partial charge in [0.2, 0.25) is 0 Å². The van der Waals surface area contributed by atoms with E-state index in [9.17, 15) is 24.1 Å². The van der Waals surface area contributed by atoms with Crippen LogP contribution in [0.2, 0.25) is 0 Å². The molecule has 0 unspecified atom stereocenters. The Labute approximate surface area is 225 Å². The first-order valence-corrected chi connectivity index (χ1v) is 14.0. The van der Waals surface area contributed by atoms with Gasteiger partial charge in [-0.25, -0.2) is 9.36 Å². The van der Waals surface area contributed by atoms with E-state index in [0.29, 0.717) is 0 Å². The van der Waals surface area contributed by atoms with Crippen molar-refractivity contribution in [1.82, 2.24) is 14.6 Å². The van der Waals surface area contributed by atoms with Crippen molar-refractivity contribution in [2.75, 3.05) is 6.61 Å². The summed E-state index contributed by atoms with van der Waals surface area (Å²) in [5, 5.41) is 13.4. The van der Waals surface area contributed by atoms with Crippen LogP contribution >= 0.6 is 35.3 Å². The average molecular weight is 625 g/mol. The van der Waals surface area contributed by atoms with Gasteiger partial charge in [-0.15, -0.1) is 11.6 Å². The number of aliphatic hydroxyl groups is 1. The quantitative estimate of drug-likeness (QED) is 0.204. The third-order valence-corrected chi connectivity index (χ3v) is 7.95. The van der Waals surface area contributed by atoms with E-state index in [2.05, 4.69) is 26.0 Å². The number of H-pyrrole nitrogens is 1. The number of hydrogen-bond acceptors (Lipinski definition) is 9. The van der Waals surface area contributed by atoms with Crippen LogP contribution in [0.3, 0.4) is 0 Å². The number of carbonyl (C=O) groups is 1. The first-order valence-electron chi connectivity index (χ1n) is 11.2. The first kappa shape index (κ1) is 29.6. The monoisotopic (exact) mass is 623 g/mol. The number of benzene rings is 1. The SMILES string of the molecule is CC(C)OC(=O)[C@@H](C)N[P@@](=O)(OC[C@H]1O[C@@H](n2cc(Br)c(=O)[nH]c2=O)[C@](C)(Cl)[C@@H]1O)Oc1ccccc1. The average Bonchev–Trinajstić information content (AvgIpc) is 3.03. The lowest BCUT2D eigenvalue weighted by Crippen LogP contribution is -2.43. The van der Waals surface area contributed by atoms with Crippen LogP contribution in [-0.4, -0.2) is 56.5 Å². The standard InChI is InChI=1S/C22H28BrClN3O9P/c1-12(2)34-19(30)13(3)26-37(32,36-14-8-6-5-7-9-14)33-11-16-17(28)22(4,24)20(35-16)27-10-15(23)18(29)25-21(27)31/h5-10,12-13,16-17,20,28H,11H2,1-4H3,(H,26,32)(H,25,29,31)/t13-,16-,17-,20-,22-,37-/m1/s1. The maximum Gasteiger partial charge on any atom is 0.459 e. The molecule has 1 aliphatic rings. The second-order valence-electron chi connectivity index (χ2n) is 8.80. The van der Waals surface area contributed by atoms with Crippen LogP contribution in [0.1, 0.15) is 33.9 Å². The Morgan fingerprint density at radius 3 is 2.59 bits per heavy atom. The second kappa shape index (κ2) is 11.8. The fourth-order valence-corrected chi connectivity index (χ4v) is 5.61. The largest absolute Gasteiger partial charge is 0.462 e. The van der Waals surface area contributed by atoms with Gasteiger partial charge in [-0.3, -0.25) is 23.7 Å². The number of alkyl halides is 1. The number of ether oxygens (including phenoxy) is 2. The molecule has 2 aromatic rings. The molecule has 3 N–H and O–H groups in total. The van der Waals surface area contributed by atoms with E-state index in [1.165, 1.54) is 20.0 Å². The predicted octanol–water partition coefficient (Wildman–Crippen LogP) is 2.69. The number of carbonyl (C=O) groups excluding carboxylic acids is 1. The van der Waals surface area contributed by atoms with Crippen molar-refractivity contribution < 1.29 is 33.0 Å². The Bertz CT molecular complexity index is 1270. The van der Waals surface area contributed by atoms with Crippen LogP contribution in [-0.2, 0) is 23.4 Å². The van der Waals surface area contributed by atoms with Gasteiger partial charge >= 0.3 is 19.4 Å². The maximum absolute atomic E-state index is 13.7. The van der Waals surface area contributed by atoms with Gasteiger partial charge < -0.3 is 19.1 Å². The van der Waals surface area contributed by atoms with Gasteiger partial charge in [-0.2, -0.15) is 5.09 Å². The highest BCUT2D eigenvalue weighted by Crippen LogP contribution is 2.48. The van der Waals surface area contributed by atoms with E-state index in [1.54, 1.807) is 44.2 Å². The van der Waals surface area contributed by atoms with Gasteiger partial charge in [0, 0.05) is 6.20 Å². The van der Waals surface area contributed by atoms with E-state index in [1.807, 2.05) is 0 Å². The van der Waals surface area contributed by atoms with E-state index in [-0.39, 0.29) is 10.2 Å². The summed E-state index contributed by atoms with van der Waals surface area (Å²) < 4.78 is 36.8. The summed E-state index contributed by atoms with van der Waals surface area (Å²) in [7, 11) is -4.24. The summed E-state index contributed by atoms with van der Waals surface area (Å²) in [5.41, 5.74) is -1.46. The lowest BCUT2D eigenvalue weighted by atomic mass is 10.0.